The third-order valence-electron chi connectivity index (χ3n) is 3.07. The first kappa shape index (κ1) is 16.5. The summed E-state index contributed by atoms with van der Waals surface area (Å²) in [5.74, 6) is -0.280. The zero-order chi connectivity index (χ0) is 14.0. The maximum Gasteiger partial charge on any atom is 0.251 e. The van der Waals surface area contributed by atoms with Crippen molar-refractivity contribution >= 4 is 29.9 Å². The van der Waals surface area contributed by atoms with Gasteiger partial charge in [0.1, 0.15) is 0 Å². The van der Waals surface area contributed by atoms with Crippen LogP contribution in [0.2, 0.25) is 0 Å². The smallest absolute Gasteiger partial charge is 0.251 e. The van der Waals surface area contributed by atoms with Gasteiger partial charge in [0, 0.05) is 17.3 Å². The highest BCUT2D eigenvalue weighted by atomic mass is 35.5. The molecule has 1 saturated carbocycles. The first-order valence-electron chi connectivity index (χ1n) is 6.42. The second-order valence-corrected chi connectivity index (χ2v) is 5.32. The molecule has 1 aliphatic carbocycles. The van der Waals surface area contributed by atoms with Gasteiger partial charge in [-0.2, -0.15) is 0 Å². The third kappa shape index (κ3) is 3.95. The number of benzene rings is 1. The summed E-state index contributed by atoms with van der Waals surface area (Å²) in [7, 11) is 0. The lowest BCUT2D eigenvalue weighted by Gasteiger charge is -2.11. The number of rotatable bonds is 4. The van der Waals surface area contributed by atoms with Crippen LogP contribution in [0, 0.1) is 0 Å². The summed E-state index contributed by atoms with van der Waals surface area (Å²) in [6.07, 6.45) is 1.46. The second-order valence-electron chi connectivity index (χ2n) is 5.32. The lowest BCUT2D eigenvalue weighted by molar-refractivity contribution is -0.118. The van der Waals surface area contributed by atoms with Gasteiger partial charge in [0.05, 0.1) is 5.54 Å². The van der Waals surface area contributed by atoms with E-state index >= 15 is 0 Å². The van der Waals surface area contributed by atoms with Crippen molar-refractivity contribution in [3.8, 4) is 0 Å². The largest absolute Gasteiger partial charge is 0.350 e. The van der Waals surface area contributed by atoms with Crippen LogP contribution in [0.5, 0.6) is 0 Å². The van der Waals surface area contributed by atoms with Crippen LogP contribution in [0.1, 0.15) is 37.0 Å². The zero-order valence-electron chi connectivity index (χ0n) is 11.6. The van der Waals surface area contributed by atoms with E-state index in [4.69, 9.17) is 5.73 Å². The average Bonchev–Trinajstić information content (AvgIpc) is 3.09. The van der Waals surface area contributed by atoms with Gasteiger partial charge in [0.15, 0.2) is 0 Å². The van der Waals surface area contributed by atoms with E-state index in [-0.39, 0.29) is 30.3 Å². The van der Waals surface area contributed by atoms with Crippen molar-refractivity contribution in [1.82, 2.24) is 5.32 Å². The highest BCUT2D eigenvalue weighted by Gasteiger charge is 2.45. The van der Waals surface area contributed by atoms with Crippen LogP contribution in [0.15, 0.2) is 24.3 Å². The summed E-state index contributed by atoms with van der Waals surface area (Å²) in [5.41, 5.74) is 6.33. The maximum atomic E-state index is 11.7. The second kappa shape index (κ2) is 6.24. The monoisotopic (exact) mass is 297 g/mol. The molecule has 4 N–H and O–H groups in total. The van der Waals surface area contributed by atoms with Gasteiger partial charge in [-0.15, -0.1) is 12.4 Å². The summed E-state index contributed by atoms with van der Waals surface area (Å²) >= 11 is 0. The fourth-order valence-electron chi connectivity index (χ4n) is 1.67. The van der Waals surface area contributed by atoms with Gasteiger partial charge < -0.3 is 16.4 Å². The van der Waals surface area contributed by atoms with E-state index in [0.29, 0.717) is 11.3 Å². The molecular weight excluding hydrogens is 278 g/mol. The van der Waals surface area contributed by atoms with Crippen LogP contribution in [-0.4, -0.2) is 23.4 Å². The van der Waals surface area contributed by atoms with Gasteiger partial charge in [-0.05, 0) is 51.0 Å². The van der Waals surface area contributed by atoms with Crippen molar-refractivity contribution < 1.29 is 9.59 Å². The van der Waals surface area contributed by atoms with Crippen molar-refractivity contribution in [2.45, 2.75) is 38.3 Å². The van der Waals surface area contributed by atoms with E-state index in [0.717, 1.165) is 12.8 Å². The van der Waals surface area contributed by atoms with E-state index < -0.39 is 5.54 Å². The van der Waals surface area contributed by atoms with Gasteiger partial charge in [0.25, 0.3) is 5.91 Å². The van der Waals surface area contributed by atoms with Gasteiger partial charge in [-0.25, -0.2) is 0 Å². The Morgan fingerprint density at radius 1 is 1.20 bits per heavy atom. The summed E-state index contributed by atoms with van der Waals surface area (Å²) in [6.45, 7) is 3.81. The first-order chi connectivity index (χ1) is 8.90. The molecule has 20 heavy (non-hydrogen) atoms. The molecule has 5 nitrogen and oxygen atoms in total. The van der Waals surface area contributed by atoms with E-state index in [1.807, 2.05) is 13.8 Å². The van der Waals surface area contributed by atoms with Crippen LogP contribution in [0.4, 0.5) is 5.69 Å². The average molecular weight is 298 g/mol. The van der Waals surface area contributed by atoms with E-state index in [9.17, 15) is 9.59 Å². The molecule has 1 aromatic rings. The van der Waals surface area contributed by atoms with Gasteiger partial charge in [-0.3, -0.25) is 9.59 Å². The molecule has 1 aromatic carbocycles. The molecule has 0 spiro atoms. The SMILES string of the molecule is CC(C)NC(=O)c1ccc(NC(=O)C2(N)CC2)cc1.Cl. The Hall–Kier alpha value is -1.59. The lowest BCUT2D eigenvalue weighted by Crippen LogP contribution is -2.37. The first-order valence-corrected chi connectivity index (χ1v) is 6.42. The summed E-state index contributed by atoms with van der Waals surface area (Å²) in [5, 5.41) is 5.56. The Balaban J connectivity index is 0.00000200. The lowest BCUT2D eigenvalue weighted by atomic mass is 10.1. The molecular formula is C14H20ClN3O2. The molecule has 2 amide bonds. The molecule has 0 unspecified atom stereocenters. The molecule has 1 fully saturated rings. The highest BCUT2D eigenvalue weighted by Crippen LogP contribution is 2.33. The molecule has 0 aromatic heterocycles. The molecule has 2 rings (SSSR count). The van der Waals surface area contributed by atoms with E-state index in [1.165, 1.54) is 0 Å². The fraction of sp³-hybridized carbons (Fsp3) is 0.429. The number of nitrogens with one attached hydrogen (secondary N) is 2. The summed E-state index contributed by atoms with van der Waals surface area (Å²) < 4.78 is 0. The molecule has 0 radical (unpaired) electrons. The molecule has 0 heterocycles. The van der Waals surface area contributed by atoms with Gasteiger partial charge in [-0.1, -0.05) is 0 Å². The Morgan fingerprint density at radius 3 is 2.20 bits per heavy atom. The molecule has 0 saturated heterocycles. The molecule has 0 bridgehead atoms. The Labute approximate surface area is 124 Å². The fourth-order valence-corrected chi connectivity index (χ4v) is 1.67. The van der Waals surface area contributed by atoms with Gasteiger partial charge >= 0.3 is 0 Å². The molecule has 110 valence electrons. The highest BCUT2D eigenvalue weighted by molar-refractivity contribution is 6.00. The Kier molecular flexibility index (Phi) is 5.14. The summed E-state index contributed by atoms with van der Waals surface area (Å²) in [6, 6.07) is 6.88. The van der Waals surface area contributed by atoms with E-state index in [1.54, 1.807) is 24.3 Å². The minimum Gasteiger partial charge on any atom is -0.350 e. The third-order valence-corrected chi connectivity index (χ3v) is 3.07. The Bertz CT molecular complexity index is 496. The number of carbonyl (C=O) groups excluding carboxylic acids is 2. The van der Waals surface area contributed by atoms with Crippen LogP contribution in [-0.2, 0) is 4.79 Å². The quantitative estimate of drug-likeness (QED) is 0.790. The molecule has 0 atom stereocenters. The molecule has 6 heteroatoms. The van der Waals surface area contributed by atoms with Crippen molar-refractivity contribution in [3.05, 3.63) is 29.8 Å². The predicted molar refractivity (Wildman–Crippen MR) is 81.1 cm³/mol. The number of nitrogens with two attached hydrogens (primary N) is 1. The molecule has 1 aliphatic rings. The minimum atomic E-state index is -0.687. The van der Waals surface area contributed by atoms with Crippen molar-refractivity contribution in [2.24, 2.45) is 5.73 Å². The minimum absolute atomic E-state index is 0. The zero-order valence-corrected chi connectivity index (χ0v) is 12.4. The number of hydrogen-bond donors (Lipinski definition) is 3. The number of amides is 2. The Morgan fingerprint density at radius 2 is 1.75 bits per heavy atom. The normalized spacial score (nSPS) is 15.2. The molecule has 0 aliphatic heterocycles. The topological polar surface area (TPSA) is 84.2 Å². The maximum absolute atomic E-state index is 11.7. The number of hydrogen-bond acceptors (Lipinski definition) is 3. The summed E-state index contributed by atoms with van der Waals surface area (Å²) in [4.78, 5) is 23.5. The van der Waals surface area contributed by atoms with Crippen molar-refractivity contribution in [1.29, 1.82) is 0 Å². The van der Waals surface area contributed by atoms with Crippen LogP contribution < -0.4 is 16.4 Å². The van der Waals surface area contributed by atoms with E-state index in [2.05, 4.69) is 10.6 Å². The van der Waals surface area contributed by atoms with Crippen molar-refractivity contribution in [3.63, 3.8) is 0 Å². The van der Waals surface area contributed by atoms with Crippen LogP contribution in [0.25, 0.3) is 0 Å². The number of halogens is 1. The van der Waals surface area contributed by atoms with Gasteiger partial charge in [0.2, 0.25) is 5.91 Å². The van der Waals surface area contributed by atoms with Crippen LogP contribution >= 0.6 is 12.4 Å². The number of anilines is 1. The van der Waals surface area contributed by atoms with Crippen molar-refractivity contribution in [2.75, 3.05) is 5.32 Å². The standard InChI is InChI=1S/C14H19N3O2.ClH/c1-9(2)16-12(18)10-3-5-11(6-4-10)17-13(19)14(15)7-8-14;/h3-6,9H,7-8,15H2,1-2H3,(H,16,18)(H,17,19);1H. The van der Waals surface area contributed by atoms with Crippen LogP contribution in [0.3, 0.4) is 0 Å². The number of carbonyl (C=O) groups is 2. The predicted octanol–water partition coefficient (Wildman–Crippen LogP) is 1.68.